The van der Waals surface area contributed by atoms with Gasteiger partial charge in [-0.05, 0) is 107 Å². The number of halogens is 1. The summed E-state index contributed by atoms with van der Waals surface area (Å²) >= 11 is 0. The Balaban J connectivity index is 1.23. The molecule has 9 nitrogen and oxygen atoms in total. The largest absolute Gasteiger partial charge is 0.481 e. The lowest BCUT2D eigenvalue weighted by Gasteiger charge is -2.47. The van der Waals surface area contributed by atoms with E-state index in [-0.39, 0.29) is 29.7 Å². The van der Waals surface area contributed by atoms with Crippen LogP contribution in [0.5, 0.6) is 0 Å². The number of hydrogen-bond donors (Lipinski definition) is 2. The summed E-state index contributed by atoms with van der Waals surface area (Å²) < 4.78 is 16.2. The molecule has 0 amide bonds. The Morgan fingerprint density at radius 1 is 1.06 bits per heavy atom. The number of aromatic nitrogens is 4. The van der Waals surface area contributed by atoms with Gasteiger partial charge in [-0.25, -0.2) is 9.37 Å². The summed E-state index contributed by atoms with van der Waals surface area (Å²) in [5, 5.41) is 18.2. The van der Waals surface area contributed by atoms with Crippen molar-refractivity contribution in [2.45, 2.75) is 127 Å². The van der Waals surface area contributed by atoms with Gasteiger partial charge >= 0.3 is 5.97 Å². The first-order valence-electron chi connectivity index (χ1n) is 18.9. The number of aryl methyl sites for hydroxylation is 2. The molecule has 2 bridgehead atoms. The third kappa shape index (κ3) is 7.35. The van der Waals surface area contributed by atoms with Crippen molar-refractivity contribution >= 4 is 17.7 Å². The lowest BCUT2D eigenvalue weighted by Crippen LogP contribution is -2.51. The summed E-state index contributed by atoms with van der Waals surface area (Å²) in [5.41, 5.74) is 4.41. The Labute approximate surface area is 290 Å². The molecule has 7 rings (SSSR count). The van der Waals surface area contributed by atoms with Gasteiger partial charge in [-0.2, -0.15) is 10.1 Å². The van der Waals surface area contributed by atoms with Crippen molar-refractivity contribution in [1.82, 2.24) is 24.6 Å². The van der Waals surface area contributed by atoms with E-state index in [1.165, 1.54) is 44.6 Å². The predicted octanol–water partition coefficient (Wildman–Crippen LogP) is 7.29. The Kier molecular flexibility index (Phi) is 10.2. The third-order valence-corrected chi connectivity index (χ3v) is 12.4. The number of aliphatic carboxylic acids is 1. The summed E-state index contributed by atoms with van der Waals surface area (Å²) in [6.07, 6.45) is 18.6. The quantitative estimate of drug-likeness (QED) is 0.219. The van der Waals surface area contributed by atoms with Crippen LogP contribution in [0.1, 0.15) is 118 Å². The zero-order chi connectivity index (χ0) is 34.1. The molecule has 1 saturated carbocycles. The number of hydrogen-bond acceptors (Lipinski definition) is 7. The van der Waals surface area contributed by atoms with Gasteiger partial charge in [0.25, 0.3) is 0 Å². The average Bonchev–Trinajstić information content (AvgIpc) is 3.54. The van der Waals surface area contributed by atoms with Crippen LogP contribution >= 0.6 is 0 Å². The molecule has 0 unspecified atom stereocenters. The van der Waals surface area contributed by atoms with Gasteiger partial charge in [-0.1, -0.05) is 31.9 Å². The van der Waals surface area contributed by atoms with Crippen LogP contribution in [0.25, 0.3) is 0 Å². The van der Waals surface area contributed by atoms with Gasteiger partial charge in [-0.3, -0.25) is 14.4 Å². The Hall–Kier alpha value is -3.53. The fourth-order valence-electron chi connectivity index (χ4n) is 9.70. The Morgan fingerprint density at radius 3 is 2.43 bits per heavy atom. The second-order valence-electron chi connectivity index (χ2n) is 15.3. The minimum absolute atomic E-state index is 0.00914. The maximum Gasteiger partial charge on any atom is 0.306 e. The van der Waals surface area contributed by atoms with E-state index >= 15 is 0 Å². The fraction of sp³-hybridized carbons (Fsp3) is 0.641. The summed E-state index contributed by atoms with van der Waals surface area (Å²) in [6.45, 7) is 3.13. The van der Waals surface area contributed by atoms with E-state index < -0.39 is 5.97 Å². The average molecular weight is 672 g/mol. The molecule has 0 radical (unpaired) electrons. The zero-order valence-corrected chi connectivity index (χ0v) is 29.5. The standard InChI is InChI=1S/C39H54FN7O2/c1-4-36(25-14-16-26(17-15-25)38(48)49)46(3)39-43-34-19-18-28(27-8-5-9-30(40)20-27)21-33(34)37(44-39)42-35(29-22-41-45(2)23-29)24-47-31-10-6-11-32(47)13-7-12-31/h5,8-9,20,22-23,25-26,28,31-32,35-36H,4,6-7,10-19,21,24H2,1-3H3,(H,48,49)(H,42,43,44)/t25?,26?,28-,31?,32?,35+,36-/m1/s1. The first kappa shape index (κ1) is 33.9. The van der Waals surface area contributed by atoms with Crippen LogP contribution in [0.4, 0.5) is 16.2 Å². The van der Waals surface area contributed by atoms with Crippen molar-refractivity contribution in [2.75, 3.05) is 23.8 Å². The molecule has 2 N–H and O–H groups in total. The molecule has 4 heterocycles. The number of anilines is 2. The second-order valence-corrected chi connectivity index (χ2v) is 15.3. The predicted molar refractivity (Wildman–Crippen MR) is 190 cm³/mol. The van der Waals surface area contributed by atoms with Crippen molar-refractivity contribution in [3.05, 3.63) is 64.9 Å². The minimum Gasteiger partial charge on any atom is -0.481 e. The number of carboxylic acid groups (broad SMARTS) is 1. The maximum absolute atomic E-state index is 14.4. The number of carboxylic acids is 1. The summed E-state index contributed by atoms with van der Waals surface area (Å²) in [5.74, 6) is 1.13. The summed E-state index contributed by atoms with van der Waals surface area (Å²) in [6, 6.07) is 8.57. The maximum atomic E-state index is 14.4. The van der Waals surface area contributed by atoms with Crippen LogP contribution in [-0.2, 0) is 24.7 Å². The SMILES string of the molecule is CC[C@H](C1CCC(C(=O)O)CC1)N(C)c1nc2c(c(N[C@@H](CN3C4CCCC3CCC4)c3cnn(C)c3)n1)C[C@H](c1cccc(F)c1)CC2. The lowest BCUT2D eigenvalue weighted by atomic mass is 9.77. The molecular weight excluding hydrogens is 617 g/mol. The van der Waals surface area contributed by atoms with Crippen molar-refractivity contribution < 1.29 is 14.3 Å². The van der Waals surface area contributed by atoms with Gasteiger partial charge in [-0.15, -0.1) is 0 Å². The first-order chi connectivity index (χ1) is 23.8. The van der Waals surface area contributed by atoms with Gasteiger partial charge in [0.1, 0.15) is 11.6 Å². The molecule has 3 fully saturated rings. The fourth-order valence-corrected chi connectivity index (χ4v) is 9.70. The van der Waals surface area contributed by atoms with E-state index in [2.05, 4.69) is 40.4 Å². The van der Waals surface area contributed by atoms with Gasteiger partial charge in [0.15, 0.2) is 0 Å². The van der Waals surface area contributed by atoms with E-state index in [1.807, 2.05) is 30.1 Å². The number of fused-ring (bicyclic) bond motifs is 3. The van der Waals surface area contributed by atoms with E-state index in [4.69, 9.17) is 9.97 Å². The smallest absolute Gasteiger partial charge is 0.306 e. The van der Waals surface area contributed by atoms with Gasteiger partial charge < -0.3 is 15.3 Å². The van der Waals surface area contributed by atoms with Gasteiger partial charge in [0, 0.05) is 56.1 Å². The monoisotopic (exact) mass is 671 g/mol. The van der Waals surface area contributed by atoms with Crippen LogP contribution < -0.4 is 10.2 Å². The molecule has 2 aliphatic carbocycles. The highest BCUT2D eigenvalue weighted by Gasteiger charge is 2.37. The van der Waals surface area contributed by atoms with Crippen molar-refractivity contribution in [3.8, 4) is 0 Å². The molecule has 2 saturated heterocycles. The number of carbonyl (C=O) groups is 1. The lowest BCUT2D eigenvalue weighted by molar-refractivity contribution is -0.143. The van der Waals surface area contributed by atoms with E-state index in [0.717, 1.165) is 92.1 Å². The van der Waals surface area contributed by atoms with E-state index in [9.17, 15) is 14.3 Å². The van der Waals surface area contributed by atoms with Crippen molar-refractivity contribution in [2.24, 2.45) is 18.9 Å². The van der Waals surface area contributed by atoms with Crippen molar-refractivity contribution in [3.63, 3.8) is 0 Å². The molecule has 49 heavy (non-hydrogen) atoms. The summed E-state index contributed by atoms with van der Waals surface area (Å²) in [7, 11) is 4.10. The first-order valence-corrected chi connectivity index (χ1v) is 18.9. The molecule has 0 spiro atoms. The topological polar surface area (TPSA) is 99.4 Å². The zero-order valence-electron chi connectivity index (χ0n) is 29.5. The minimum atomic E-state index is -0.665. The molecule has 10 heteroatoms. The van der Waals surface area contributed by atoms with Gasteiger partial charge in [0.2, 0.25) is 5.95 Å². The summed E-state index contributed by atoms with van der Waals surface area (Å²) in [4.78, 5) is 27.3. The highest BCUT2D eigenvalue weighted by atomic mass is 19.1. The number of nitrogens with one attached hydrogen (secondary N) is 1. The van der Waals surface area contributed by atoms with Crippen LogP contribution in [0.15, 0.2) is 36.7 Å². The highest BCUT2D eigenvalue weighted by Crippen LogP contribution is 2.40. The molecule has 2 aromatic heterocycles. The van der Waals surface area contributed by atoms with Gasteiger partial charge in [0.05, 0.1) is 23.9 Å². The van der Waals surface area contributed by atoms with E-state index in [1.54, 1.807) is 6.07 Å². The number of benzene rings is 1. The van der Waals surface area contributed by atoms with Crippen molar-refractivity contribution in [1.29, 1.82) is 0 Å². The molecule has 2 aliphatic heterocycles. The van der Waals surface area contributed by atoms with E-state index in [0.29, 0.717) is 18.0 Å². The number of piperidine rings is 2. The van der Waals surface area contributed by atoms with Crippen LogP contribution in [0.2, 0.25) is 0 Å². The highest BCUT2D eigenvalue weighted by molar-refractivity contribution is 5.70. The molecule has 3 aromatic rings. The van der Waals surface area contributed by atoms with Crippen LogP contribution in [0.3, 0.4) is 0 Å². The molecule has 4 aliphatic rings. The number of rotatable bonds is 11. The third-order valence-electron chi connectivity index (χ3n) is 12.4. The normalized spacial score (nSPS) is 26.8. The molecule has 1 aromatic carbocycles. The molecule has 264 valence electrons. The molecule has 3 atom stereocenters. The molecular formula is C39H54FN7O2. The van der Waals surface area contributed by atoms with Crippen LogP contribution in [-0.4, -0.2) is 67.4 Å². The Bertz CT molecular complexity index is 1580. The van der Waals surface area contributed by atoms with Crippen LogP contribution in [0, 0.1) is 17.7 Å². The number of nitrogens with zero attached hydrogens (tertiary/aromatic N) is 6. The Morgan fingerprint density at radius 2 is 1.80 bits per heavy atom. The second kappa shape index (κ2) is 14.8.